The molecule has 1 atom stereocenters. The van der Waals surface area contributed by atoms with Gasteiger partial charge in [-0.05, 0) is 49.4 Å². The zero-order chi connectivity index (χ0) is 16.9. The highest BCUT2D eigenvalue weighted by atomic mass is 32.1. The van der Waals surface area contributed by atoms with Crippen molar-refractivity contribution in [3.8, 4) is 5.75 Å². The molecule has 1 amide bonds. The fourth-order valence-corrected chi connectivity index (χ4v) is 2.93. The molecule has 0 aliphatic heterocycles. The summed E-state index contributed by atoms with van der Waals surface area (Å²) in [4.78, 5) is 12.7. The van der Waals surface area contributed by atoms with Crippen molar-refractivity contribution in [2.75, 3.05) is 13.2 Å². The van der Waals surface area contributed by atoms with Crippen molar-refractivity contribution >= 4 is 17.2 Å². The predicted molar refractivity (Wildman–Crippen MR) is 92.9 cm³/mol. The van der Waals surface area contributed by atoms with Gasteiger partial charge in [0.15, 0.2) is 0 Å². The molecule has 2 rings (SSSR count). The van der Waals surface area contributed by atoms with Gasteiger partial charge in [0.05, 0.1) is 19.6 Å². The molecule has 1 aromatic carbocycles. The summed E-state index contributed by atoms with van der Waals surface area (Å²) in [6.07, 6.45) is 0.258. The molecule has 4 nitrogen and oxygen atoms in total. The SMILES string of the molecule is Cc1ccc(C)c(OCCC(=O)NCC(C)(O)c2cccs2)c1. The summed E-state index contributed by atoms with van der Waals surface area (Å²) < 4.78 is 5.67. The Morgan fingerprint density at radius 2 is 2.13 bits per heavy atom. The molecule has 0 saturated carbocycles. The first-order valence-corrected chi connectivity index (χ1v) is 8.49. The molecule has 2 aromatic rings. The highest BCUT2D eigenvalue weighted by molar-refractivity contribution is 7.10. The molecule has 0 aliphatic rings. The topological polar surface area (TPSA) is 58.6 Å². The van der Waals surface area contributed by atoms with Gasteiger partial charge in [-0.25, -0.2) is 0 Å². The third-order valence-electron chi connectivity index (χ3n) is 3.61. The normalized spacial score (nSPS) is 13.4. The number of ether oxygens (including phenoxy) is 1. The summed E-state index contributed by atoms with van der Waals surface area (Å²) in [7, 11) is 0. The molecule has 0 aliphatic carbocycles. The van der Waals surface area contributed by atoms with Crippen LogP contribution in [0.25, 0.3) is 0 Å². The van der Waals surface area contributed by atoms with Crippen LogP contribution < -0.4 is 10.1 Å². The zero-order valence-electron chi connectivity index (χ0n) is 13.8. The van der Waals surface area contributed by atoms with Crippen LogP contribution in [0.4, 0.5) is 0 Å². The van der Waals surface area contributed by atoms with E-state index >= 15 is 0 Å². The molecule has 124 valence electrons. The van der Waals surface area contributed by atoms with Gasteiger partial charge < -0.3 is 15.2 Å². The molecule has 0 radical (unpaired) electrons. The van der Waals surface area contributed by atoms with E-state index in [1.165, 1.54) is 11.3 Å². The maximum atomic E-state index is 11.9. The van der Waals surface area contributed by atoms with Crippen LogP contribution in [-0.4, -0.2) is 24.2 Å². The van der Waals surface area contributed by atoms with E-state index in [-0.39, 0.29) is 18.9 Å². The molecule has 0 saturated heterocycles. The van der Waals surface area contributed by atoms with Gasteiger partial charge in [-0.3, -0.25) is 4.79 Å². The van der Waals surface area contributed by atoms with Gasteiger partial charge in [0.1, 0.15) is 11.4 Å². The van der Waals surface area contributed by atoms with Gasteiger partial charge in [0.2, 0.25) is 5.91 Å². The van der Waals surface area contributed by atoms with Crippen molar-refractivity contribution in [2.45, 2.75) is 32.8 Å². The number of amides is 1. The number of aliphatic hydroxyl groups is 1. The van der Waals surface area contributed by atoms with Crippen LogP contribution in [0.2, 0.25) is 0 Å². The number of nitrogens with one attached hydrogen (secondary N) is 1. The molecular weight excluding hydrogens is 310 g/mol. The van der Waals surface area contributed by atoms with Crippen molar-refractivity contribution in [2.24, 2.45) is 0 Å². The fourth-order valence-electron chi connectivity index (χ4n) is 2.15. The lowest BCUT2D eigenvalue weighted by atomic mass is 10.1. The predicted octanol–water partition coefficient (Wildman–Crippen LogP) is 3.16. The molecule has 2 N–H and O–H groups in total. The lowest BCUT2D eigenvalue weighted by molar-refractivity contribution is -0.122. The van der Waals surface area contributed by atoms with Gasteiger partial charge in [0.25, 0.3) is 0 Å². The Morgan fingerprint density at radius 1 is 1.35 bits per heavy atom. The van der Waals surface area contributed by atoms with Crippen molar-refractivity contribution in [1.82, 2.24) is 5.32 Å². The zero-order valence-corrected chi connectivity index (χ0v) is 14.6. The summed E-state index contributed by atoms with van der Waals surface area (Å²) >= 11 is 1.47. The van der Waals surface area contributed by atoms with Crippen molar-refractivity contribution < 1.29 is 14.6 Å². The lowest BCUT2D eigenvalue weighted by Crippen LogP contribution is -2.38. The van der Waals surface area contributed by atoms with Gasteiger partial charge in [-0.15, -0.1) is 11.3 Å². The second kappa shape index (κ2) is 7.62. The van der Waals surface area contributed by atoms with E-state index in [0.717, 1.165) is 21.8 Å². The molecule has 0 spiro atoms. The van der Waals surface area contributed by atoms with E-state index in [1.54, 1.807) is 6.92 Å². The number of benzene rings is 1. The van der Waals surface area contributed by atoms with Gasteiger partial charge >= 0.3 is 0 Å². The molecule has 0 fully saturated rings. The van der Waals surface area contributed by atoms with E-state index < -0.39 is 5.60 Å². The lowest BCUT2D eigenvalue weighted by Gasteiger charge is -2.22. The number of thiophene rings is 1. The largest absolute Gasteiger partial charge is 0.493 e. The van der Waals surface area contributed by atoms with E-state index in [2.05, 4.69) is 5.32 Å². The molecule has 23 heavy (non-hydrogen) atoms. The van der Waals surface area contributed by atoms with Crippen LogP contribution in [0.5, 0.6) is 5.75 Å². The Balaban J connectivity index is 1.76. The Bertz CT molecular complexity index is 650. The summed E-state index contributed by atoms with van der Waals surface area (Å²) in [5.74, 6) is 0.676. The summed E-state index contributed by atoms with van der Waals surface area (Å²) in [6.45, 7) is 6.19. The van der Waals surface area contributed by atoms with Crippen LogP contribution in [0, 0.1) is 13.8 Å². The third kappa shape index (κ3) is 5.08. The Kier molecular flexibility index (Phi) is 5.80. The molecular formula is C18H23NO3S. The highest BCUT2D eigenvalue weighted by Gasteiger charge is 2.24. The van der Waals surface area contributed by atoms with E-state index in [4.69, 9.17) is 4.74 Å². The number of carbonyl (C=O) groups excluding carboxylic acids is 1. The van der Waals surface area contributed by atoms with Crippen LogP contribution in [-0.2, 0) is 10.4 Å². The van der Waals surface area contributed by atoms with Crippen LogP contribution in [0.3, 0.4) is 0 Å². The summed E-state index contributed by atoms with van der Waals surface area (Å²) in [5.41, 5.74) is 1.14. The van der Waals surface area contributed by atoms with Crippen LogP contribution in [0.15, 0.2) is 35.7 Å². The minimum Gasteiger partial charge on any atom is -0.493 e. The number of aryl methyl sites for hydroxylation is 2. The molecule has 5 heteroatoms. The first-order chi connectivity index (χ1) is 10.9. The highest BCUT2D eigenvalue weighted by Crippen LogP contribution is 2.24. The quantitative estimate of drug-likeness (QED) is 0.818. The van der Waals surface area contributed by atoms with Crippen molar-refractivity contribution in [3.63, 3.8) is 0 Å². The van der Waals surface area contributed by atoms with Crippen LogP contribution in [0.1, 0.15) is 29.3 Å². The minimum absolute atomic E-state index is 0.132. The molecule has 0 bridgehead atoms. The average Bonchev–Trinajstić information content (AvgIpc) is 3.04. The second-order valence-electron chi connectivity index (χ2n) is 5.90. The second-order valence-corrected chi connectivity index (χ2v) is 6.84. The maximum absolute atomic E-state index is 11.9. The first-order valence-electron chi connectivity index (χ1n) is 7.61. The average molecular weight is 333 g/mol. The van der Waals surface area contributed by atoms with Gasteiger partial charge in [0, 0.05) is 4.88 Å². The van der Waals surface area contributed by atoms with Crippen molar-refractivity contribution in [3.05, 3.63) is 51.7 Å². The van der Waals surface area contributed by atoms with E-state index in [0.29, 0.717) is 6.61 Å². The van der Waals surface area contributed by atoms with E-state index in [1.807, 2.05) is 49.6 Å². The minimum atomic E-state index is -1.04. The summed E-state index contributed by atoms with van der Waals surface area (Å²) in [6, 6.07) is 9.74. The Morgan fingerprint density at radius 3 is 2.83 bits per heavy atom. The number of rotatable bonds is 7. The molecule has 1 heterocycles. The Labute approximate surface area is 141 Å². The summed E-state index contributed by atoms with van der Waals surface area (Å²) in [5, 5.41) is 15.0. The number of carbonyl (C=O) groups is 1. The monoisotopic (exact) mass is 333 g/mol. The molecule has 1 aromatic heterocycles. The van der Waals surface area contributed by atoms with Gasteiger partial charge in [-0.2, -0.15) is 0 Å². The number of hydrogen-bond acceptors (Lipinski definition) is 4. The van der Waals surface area contributed by atoms with Crippen LogP contribution >= 0.6 is 11.3 Å². The third-order valence-corrected chi connectivity index (χ3v) is 4.74. The smallest absolute Gasteiger partial charge is 0.223 e. The molecule has 1 unspecified atom stereocenters. The first kappa shape index (κ1) is 17.5. The fraction of sp³-hybridized carbons (Fsp3) is 0.389. The maximum Gasteiger partial charge on any atom is 0.223 e. The van der Waals surface area contributed by atoms with Gasteiger partial charge in [-0.1, -0.05) is 18.2 Å². The standard InChI is InChI=1S/C18H23NO3S/c1-13-6-7-14(2)15(11-13)22-9-8-17(20)19-12-18(3,21)16-5-4-10-23-16/h4-7,10-11,21H,8-9,12H2,1-3H3,(H,19,20). The van der Waals surface area contributed by atoms with E-state index in [9.17, 15) is 9.90 Å². The Hall–Kier alpha value is -1.85. The number of hydrogen-bond donors (Lipinski definition) is 2. The van der Waals surface area contributed by atoms with Crippen molar-refractivity contribution in [1.29, 1.82) is 0 Å².